The average Bonchev–Trinajstić information content (AvgIpc) is 2.57. The van der Waals surface area contributed by atoms with E-state index in [1.807, 2.05) is 6.92 Å². The number of hydrazone groups is 1. The monoisotopic (exact) mass is 364 g/mol. The van der Waals surface area contributed by atoms with Crippen LogP contribution in [0.4, 0.5) is 0 Å². The lowest BCUT2D eigenvalue weighted by atomic mass is 10.2. The second kappa shape index (κ2) is 8.29. The molecule has 0 saturated heterocycles. The lowest BCUT2D eigenvalue weighted by Gasteiger charge is -2.08. The highest BCUT2D eigenvalue weighted by Crippen LogP contribution is 2.14. The number of carbonyl (C=O) groups excluding carboxylic acids is 1. The number of hydrogen-bond donors (Lipinski definition) is 3. The minimum atomic E-state index is -0.800. The molecule has 0 aliphatic heterocycles. The summed E-state index contributed by atoms with van der Waals surface area (Å²) in [5.41, 5.74) is 0.702. The van der Waals surface area contributed by atoms with Crippen molar-refractivity contribution in [2.24, 2.45) is 5.10 Å². The van der Waals surface area contributed by atoms with Gasteiger partial charge in [0.05, 0.1) is 16.8 Å². The molecule has 1 aromatic heterocycles. The minimum absolute atomic E-state index is 0.215. The summed E-state index contributed by atoms with van der Waals surface area (Å²) in [5, 5.41) is 14.0. The van der Waals surface area contributed by atoms with Gasteiger partial charge in [-0.05, 0) is 18.6 Å². The Balaban J connectivity index is 2.23. The fourth-order valence-corrected chi connectivity index (χ4v) is 2.30. The number of amides is 1. The fraction of sp³-hybridized carbons (Fsp3) is 0.250. The lowest BCUT2D eigenvalue weighted by Crippen LogP contribution is -2.32. The van der Waals surface area contributed by atoms with Gasteiger partial charge in [0.2, 0.25) is 5.88 Å². The number of aromatic amines is 1. The molecular weight excluding hydrogens is 348 g/mol. The molecule has 8 nitrogen and oxygen atoms in total. The average molecular weight is 365 g/mol. The largest absolute Gasteiger partial charge is 0.494 e. The predicted octanol–water partition coefficient (Wildman–Crippen LogP) is 1.46. The van der Waals surface area contributed by atoms with Gasteiger partial charge in [0.15, 0.2) is 0 Å². The number of aromatic nitrogens is 2. The summed E-state index contributed by atoms with van der Waals surface area (Å²) in [6, 6.07) is 6.40. The summed E-state index contributed by atoms with van der Waals surface area (Å²) in [4.78, 5) is 37.7. The van der Waals surface area contributed by atoms with E-state index in [4.69, 9.17) is 11.6 Å². The highest BCUT2D eigenvalue weighted by molar-refractivity contribution is 6.33. The quantitative estimate of drug-likeness (QED) is 0.531. The first-order valence-electron chi connectivity index (χ1n) is 7.59. The molecular formula is C16H17ClN4O4. The normalized spacial score (nSPS) is 11.0. The van der Waals surface area contributed by atoms with E-state index >= 15 is 0 Å². The molecule has 0 spiro atoms. The molecule has 2 rings (SSSR count). The summed E-state index contributed by atoms with van der Waals surface area (Å²) >= 11 is 5.91. The number of nitrogens with zero attached hydrogens (tertiary/aromatic N) is 2. The molecule has 0 fully saturated rings. The molecule has 25 heavy (non-hydrogen) atoms. The van der Waals surface area contributed by atoms with Gasteiger partial charge in [-0.25, -0.2) is 10.2 Å². The Morgan fingerprint density at radius 2 is 2.12 bits per heavy atom. The van der Waals surface area contributed by atoms with Crippen LogP contribution in [0.15, 0.2) is 39.0 Å². The maximum atomic E-state index is 12.0. The first kappa shape index (κ1) is 18.5. The first-order chi connectivity index (χ1) is 12.0. The summed E-state index contributed by atoms with van der Waals surface area (Å²) < 4.78 is 1.04. The van der Waals surface area contributed by atoms with Crippen LogP contribution in [-0.2, 0) is 6.54 Å². The fourth-order valence-electron chi connectivity index (χ4n) is 2.08. The third-order valence-electron chi connectivity index (χ3n) is 3.42. The Hall–Kier alpha value is -2.87. The predicted molar refractivity (Wildman–Crippen MR) is 94.4 cm³/mol. The highest BCUT2D eigenvalue weighted by Gasteiger charge is 2.13. The Morgan fingerprint density at radius 3 is 2.80 bits per heavy atom. The summed E-state index contributed by atoms with van der Waals surface area (Å²) in [6.45, 7) is 2.19. The van der Waals surface area contributed by atoms with Crippen LogP contribution in [0.1, 0.15) is 35.7 Å². The SMILES string of the molecule is CCCCn1c(O)c(C=NNC(=O)c2ccccc2Cl)c(=O)[nH]c1=O. The van der Waals surface area contributed by atoms with Crippen LogP contribution in [0.3, 0.4) is 0 Å². The number of hydrogen-bond acceptors (Lipinski definition) is 5. The van der Waals surface area contributed by atoms with E-state index in [1.165, 1.54) is 6.07 Å². The van der Waals surface area contributed by atoms with Gasteiger partial charge in [-0.1, -0.05) is 37.1 Å². The van der Waals surface area contributed by atoms with E-state index in [9.17, 15) is 19.5 Å². The second-order valence-electron chi connectivity index (χ2n) is 5.18. The zero-order valence-corrected chi connectivity index (χ0v) is 14.2. The number of H-pyrrole nitrogens is 1. The number of rotatable bonds is 6. The van der Waals surface area contributed by atoms with Crippen LogP contribution in [0.2, 0.25) is 5.02 Å². The molecule has 9 heteroatoms. The van der Waals surface area contributed by atoms with Gasteiger partial charge in [-0.15, -0.1) is 0 Å². The van der Waals surface area contributed by atoms with Crippen molar-refractivity contribution >= 4 is 23.7 Å². The molecule has 132 valence electrons. The maximum absolute atomic E-state index is 12.0. The van der Waals surface area contributed by atoms with Gasteiger partial charge in [0.1, 0.15) is 5.56 Å². The molecule has 3 N–H and O–H groups in total. The van der Waals surface area contributed by atoms with Gasteiger partial charge in [0, 0.05) is 6.54 Å². The van der Waals surface area contributed by atoms with Crippen LogP contribution in [0.25, 0.3) is 0 Å². The maximum Gasteiger partial charge on any atom is 0.331 e. The van der Waals surface area contributed by atoms with Crippen LogP contribution in [-0.4, -0.2) is 26.8 Å². The van der Waals surface area contributed by atoms with E-state index < -0.39 is 23.0 Å². The van der Waals surface area contributed by atoms with Crippen molar-refractivity contribution in [3.63, 3.8) is 0 Å². The molecule has 1 aromatic carbocycles. The third kappa shape index (κ3) is 4.36. The number of halogens is 1. The van der Waals surface area contributed by atoms with Crippen molar-refractivity contribution in [2.75, 3.05) is 0 Å². The molecule has 0 radical (unpaired) electrons. The Labute approximate surface area is 147 Å². The molecule has 2 aromatic rings. The standard InChI is InChI=1S/C16H17ClN4O4/c1-2-3-8-21-15(24)11(13(22)19-16(21)25)9-18-20-14(23)10-6-4-5-7-12(10)17/h4-7,9,24H,2-3,8H2,1H3,(H,20,23)(H,19,22,25). The molecule has 0 saturated carbocycles. The third-order valence-corrected chi connectivity index (χ3v) is 3.75. The van der Waals surface area contributed by atoms with Crippen LogP contribution < -0.4 is 16.7 Å². The zero-order chi connectivity index (χ0) is 18.4. The van der Waals surface area contributed by atoms with Gasteiger partial charge >= 0.3 is 5.69 Å². The minimum Gasteiger partial charge on any atom is -0.494 e. The van der Waals surface area contributed by atoms with Crippen LogP contribution >= 0.6 is 11.6 Å². The topological polar surface area (TPSA) is 117 Å². The van der Waals surface area contributed by atoms with Crippen molar-refractivity contribution < 1.29 is 9.90 Å². The summed E-state index contributed by atoms with van der Waals surface area (Å²) in [7, 11) is 0. The molecule has 1 amide bonds. The summed E-state index contributed by atoms with van der Waals surface area (Å²) in [6.07, 6.45) is 2.44. The van der Waals surface area contributed by atoms with Crippen LogP contribution in [0, 0.1) is 0 Å². The van der Waals surface area contributed by atoms with Crippen LogP contribution in [0.5, 0.6) is 5.88 Å². The Morgan fingerprint density at radius 1 is 1.40 bits per heavy atom. The highest BCUT2D eigenvalue weighted by atomic mass is 35.5. The van der Waals surface area contributed by atoms with Crippen molar-refractivity contribution in [1.82, 2.24) is 15.0 Å². The Kier molecular flexibility index (Phi) is 6.13. The number of unbranched alkanes of at least 4 members (excludes halogenated alkanes) is 1. The molecule has 0 atom stereocenters. The number of aromatic hydroxyl groups is 1. The van der Waals surface area contributed by atoms with Gasteiger partial charge in [0.25, 0.3) is 11.5 Å². The van der Waals surface area contributed by atoms with Crippen molar-refractivity contribution in [3.05, 3.63) is 61.3 Å². The number of nitrogens with one attached hydrogen (secondary N) is 2. The van der Waals surface area contributed by atoms with Gasteiger partial charge < -0.3 is 5.11 Å². The first-order valence-corrected chi connectivity index (χ1v) is 7.97. The second-order valence-corrected chi connectivity index (χ2v) is 5.59. The molecule has 0 unspecified atom stereocenters. The summed E-state index contributed by atoms with van der Waals surface area (Å²) in [5.74, 6) is -1.07. The van der Waals surface area contributed by atoms with Gasteiger partial charge in [-0.3, -0.25) is 19.1 Å². The molecule has 0 aliphatic carbocycles. The number of carbonyl (C=O) groups is 1. The lowest BCUT2D eigenvalue weighted by molar-refractivity contribution is 0.0955. The Bertz CT molecular complexity index is 917. The van der Waals surface area contributed by atoms with E-state index in [0.717, 1.165) is 17.2 Å². The van der Waals surface area contributed by atoms with Gasteiger partial charge in [-0.2, -0.15) is 5.10 Å². The smallest absolute Gasteiger partial charge is 0.331 e. The van der Waals surface area contributed by atoms with E-state index in [-0.39, 0.29) is 22.7 Å². The van der Waals surface area contributed by atoms with Crippen molar-refractivity contribution in [1.29, 1.82) is 0 Å². The van der Waals surface area contributed by atoms with E-state index in [2.05, 4.69) is 15.5 Å². The molecule has 0 bridgehead atoms. The van der Waals surface area contributed by atoms with Crippen molar-refractivity contribution in [3.8, 4) is 5.88 Å². The number of benzene rings is 1. The van der Waals surface area contributed by atoms with E-state index in [0.29, 0.717) is 6.42 Å². The zero-order valence-electron chi connectivity index (χ0n) is 13.5. The van der Waals surface area contributed by atoms with E-state index in [1.54, 1.807) is 18.2 Å². The molecule has 1 heterocycles. The van der Waals surface area contributed by atoms with Crippen molar-refractivity contribution in [2.45, 2.75) is 26.3 Å². The molecule has 0 aliphatic rings.